The molecule has 0 aromatic carbocycles. The van der Waals surface area contributed by atoms with Gasteiger partial charge in [0.2, 0.25) is 0 Å². The van der Waals surface area contributed by atoms with E-state index in [1.165, 1.54) is 9.58 Å². The van der Waals surface area contributed by atoms with Gasteiger partial charge in [0.25, 0.3) is 5.91 Å². The van der Waals surface area contributed by atoms with Crippen molar-refractivity contribution in [1.82, 2.24) is 29.0 Å². The number of nitrogen functional groups attached to an aromatic ring is 1. The molecule has 0 aliphatic heterocycles. The van der Waals surface area contributed by atoms with Gasteiger partial charge in [0.15, 0.2) is 17.2 Å². The maximum absolute atomic E-state index is 11.9. The molecule has 0 saturated carbocycles. The van der Waals surface area contributed by atoms with E-state index in [0.717, 1.165) is 0 Å². The van der Waals surface area contributed by atoms with Crippen molar-refractivity contribution in [2.75, 3.05) is 19.8 Å². The number of carbonyl (C=O) groups is 1. The van der Waals surface area contributed by atoms with Crippen LogP contribution in [0.2, 0.25) is 0 Å². The summed E-state index contributed by atoms with van der Waals surface area (Å²) >= 11 is 0. The summed E-state index contributed by atoms with van der Waals surface area (Å²) in [6.07, 6.45) is 6.75. The molecule has 2 N–H and O–H groups in total. The van der Waals surface area contributed by atoms with Gasteiger partial charge in [-0.15, -0.1) is 0 Å². The van der Waals surface area contributed by atoms with E-state index in [1.54, 1.807) is 49.3 Å². The molecule has 8 nitrogen and oxygen atoms in total. The molecule has 0 radical (unpaired) electrons. The number of nitrogens with zero attached hydrogens (tertiary/aromatic N) is 6. The Labute approximate surface area is 114 Å². The van der Waals surface area contributed by atoms with Gasteiger partial charge in [-0.3, -0.25) is 4.79 Å². The lowest BCUT2D eigenvalue weighted by atomic mass is 10.4. The first-order valence-electron chi connectivity index (χ1n) is 5.93. The van der Waals surface area contributed by atoms with Crippen molar-refractivity contribution in [3.63, 3.8) is 0 Å². The molecule has 3 aromatic heterocycles. The highest BCUT2D eigenvalue weighted by atomic mass is 16.2. The van der Waals surface area contributed by atoms with Crippen molar-refractivity contribution >= 4 is 17.4 Å². The Morgan fingerprint density at radius 2 is 2.15 bits per heavy atom. The summed E-state index contributed by atoms with van der Waals surface area (Å²) in [4.78, 5) is 21.8. The van der Waals surface area contributed by atoms with Crippen LogP contribution in [0, 0.1) is 0 Å². The molecule has 0 unspecified atom stereocenters. The second-order valence-electron chi connectivity index (χ2n) is 4.49. The molecule has 0 saturated heterocycles. The summed E-state index contributed by atoms with van der Waals surface area (Å²) in [6, 6.07) is 1.63. The van der Waals surface area contributed by atoms with E-state index in [4.69, 9.17) is 5.73 Å². The Morgan fingerprint density at radius 1 is 1.35 bits per heavy atom. The fourth-order valence-corrected chi connectivity index (χ4v) is 1.87. The summed E-state index contributed by atoms with van der Waals surface area (Å²) in [7, 11) is 3.35. The minimum absolute atomic E-state index is 0.174. The molecule has 0 atom stereocenters. The quantitative estimate of drug-likeness (QED) is 0.718. The van der Waals surface area contributed by atoms with Gasteiger partial charge in [-0.05, 0) is 6.07 Å². The Bertz CT molecular complexity index is 786. The first-order chi connectivity index (χ1) is 9.56. The van der Waals surface area contributed by atoms with Gasteiger partial charge in [-0.2, -0.15) is 5.10 Å². The molecule has 3 rings (SSSR count). The van der Waals surface area contributed by atoms with Crippen molar-refractivity contribution in [1.29, 1.82) is 0 Å². The van der Waals surface area contributed by atoms with E-state index < -0.39 is 0 Å². The number of nitrogens with two attached hydrogens (primary N) is 1. The third-order valence-electron chi connectivity index (χ3n) is 2.81. The summed E-state index contributed by atoms with van der Waals surface area (Å²) in [6.45, 7) is 0. The van der Waals surface area contributed by atoms with Crippen molar-refractivity contribution in [3.8, 4) is 5.82 Å². The fraction of sp³-hybridized carbons (Fsp3) is 0.167. The van der Waals surface area contributed by atoms with Crippen LogP contribution in [-0.2, 0) is 0 Å². The summed E-state index contributed by atoms with van der Waals surface area (Å²) in [5, 5.41) is 4.23. The number of imidazole rings is 1. The van der Waals surface area contributed by atoms with E-state index in [-0.39, 0.29) is 5.91 Å². The molecule has 0 fully saturated rings. The zero-order chi connectivity index (χ0) is 14.3. The van der Waals surface area contributed by atoms with Crippen LogP contribution >= 0.6 is 0 Å². The average molecular weight is 271 g/mol. The maximum atomic E-state index is 11.9. The Morgan fingerprint density at radius 3 is 2.90 bits per heavy atom. The number of anilines is 1. The molecule has 3 aromatic rings. The van der Waals surface area contributed by atoms with Gasteiger partial charge in [0.05, 0.1) is 6.20 Å². The first kappa shape index (κ1) is 12.2. The molecular weight excluding hydrogens is 258 g/mol. The second kappa shape index (κ2) is 4.34. The number of fused-ring (bicyclic) bond motifs is 1. The minimum Gasteiger partial charge on any atom is -0.382 e. The Hall–Kier alpha value is -2.90. The molecule has 20 heavy (non-hydrogen) atoms. The number of carbonyl (C=O) groups excluding carboxylic acids is 1. The van der Waals surface area contributed by atoms with Crippen LogP contribution in [0.1, 0.15) is 10.5 Å². The highest BCUT2D eigenvalue weighted by molar-refractivity contribution is 5.91. The van der Waals surface area contributed by atoms with Crippen LogP contribution in [-0.4, -0.2) is 49.1 Å². The minimum atomic E-state index is -0.174. The third kappa shape index (κ3) is 1.87. The van der Waals surface area contributed by atoms with Crippen LogP contribution in [0.3, 0.4) is 0 Å². The standard InChI is InChI=1S/C12H13N7O/c1-17(2)12(20)8-3-5-19(16-8)11-10-14-4-6-18(10)7-9(13)15-11/h3-7H,13H2,1-2H3. The molecule has 8 heteroatoms. The number of hydrogen-bond acceptors (Lipinski definition) is 5. The largest absolute Gasteiger partial charge is 0.382 e. The second-order valence-corrected chi connectivity index (χ2v) is 4.49. The number of rotatable bonds is 2. The van der Waals surface area contributed by atoms with Gasteiger partial charge >= 0.3 is 0 Å². The van der Waals surface area contributed by atoms with Gasteiger partial charge in [-0.25, -0.2) is 14.6 Å². The van der Waals surface area contributed by atoms with Crippen molar-refractivity contribution in [2.45, 2.75) is 0 Å². The van der Waals surface area contributed by atoms with Crippen LogP contribution in [0.25, 0.3) is 11.5 Å². The van der Waals surface area contributed by atoms with E-state index in [1.807, 2.05) is 0 Å². The highest BCUT2D eigenvalue weighted by Crippen LogP contribution is 2.14. The number of hydrogen-bond donors (Lipinski definition) is 1. The zero-order valence-electron chi connectivity index (χ0n) is 11.1. The van der Waals surface area contributed by atoms with E-state index >= 15 is 0 Å². The van der Waals surface area contributed by atoms with Gasteiger partial charge in [-0.1, -0.05) is 0 Å². The van der Waals surface area contributed by atoms with Gasteiger partial charge in [0.1, 0.15) is 5.82 Å². The first-order valence-corrected chi connectivity index (χ1v) is 5.93. The normalized spacial score (nSPS) is 10.9. The lowest BCUT2D eigenvalue weighted by Crippen LogP contribution is -2.22. The lowest BCUT2D eigenvalue weighted by molar-refractivity contribution is 0.0821. The van der Waals surface area contributed by atoms with Crippen molar-refractivity contribution < 1.29 is 4.79 Å². The smallest absolute Gasteiger partial charge is 0.273 e. The fourth-order valence-electron chi connectivity index (χ4n) is 1.87. The predicted octanol–water partition coefficient (Wildman–Crippen LogP) is 0.199. The van der Waals surface area contributed by atoms with Crippen LogP contribution in [0.4, 0.5) is 5.82 Å². The van der Waals surface area contributed by atoms with E-state index in [9.17, 15) is 4.79 Å². The highest BCUT2D eigenvalue weighted by Gasteiger charge is 2.14. The lowest BCUT2D eigenvalue weighted by Gasteiger charge is -2.07. The Kier molecular flexibility index (Phi) is 2.63. The van der Waals surface area contributed by atoms with Crippen molar-refractivity contribution in [2.24, 2.45) is 0 Å². The van der Waals surface area contributed by atoms with Gasteiger partial charge in [0, 0.05) is 32.7 Å². The number of aromatic nitrogens is 5. The molecular formula is C12H13N7O. The van der Waals surface area contributed by atoms with Gasteiger partial charge < -0.3 is 15.0 Å². The van der Waals surface area contributed by atoms with Crippen LogP contribution < -0.4 is 5.73 Å². The van der Waals surface area contributed by atoms with Crippen LogP contribution in [0.15, 0.2) is 30.9 Å². The monoisotopic (exact) mass is 271 g/mol. The summed E-state index contributed by atoms with van der Waals surface area (Å²) in [5.74, 6) is 0.654. The molecule has 0 spiro atoms. The molecule has 0 bridgehead atoms. The SMILES string of the molecule is CN(C)C(=O)c1ccn(-c2nc(N)cn3ccnc23)n1. The molecule has 102 valence electrons. The van der Waals surface area contributed by atoms with Crippen LogP contribution in [0.5, 0.6) is 0 Å². The molecule has 0 aliphatic rings. The number of amides is 1. The topological polar surface area (TPSA) is 94.3 Å². The zero-order valence-corrected chi connectivity index (χ0v) is 11.1. The summed E-state index contributed by atoms with van der Waals surface area (Å²) < 4.78 is 3.25. The van der Waals surface area contributed by atoms with E-state index in [0.29, 0.717) is 23.0 Å². The third-order valence-corrected chi connectivity index (χ3v) is 2.81. The average Bonchev–Trinajstić information content (AvgIpc) is 3.05. The predicted molar refractivity (Wildman–Crippen MR) is 72.5 cm³/mol. The molecule has 0 aliphatic carbocycles. The van der Waals surface area contributed by atoms with Crippen molar-refractivity contribution in [3.05, 3.63) is 36.5 Å². The summed E-state index contributed by atoms with van der Waals surface area (Å²) in [5.41, 5.74) is 6.71. The molecule has 1 amide bonds. The maximum Gasteiger partial charge on any atom is 0.273 e. The Balaban J connectivity index is 2.12. The molecule has 3 heterocycles. The van der Waals surface area contributed by atoms with E-state index in [2.05, 4.69) is 15.1 Å².